The number of phenolic OH excluding ortho intramolecular Hbond substituents is 1. The lowest BCUT2D eigenvalue weighted by atomic mass is 10.1. The van der Waals surface area contributed by atoms with Gasteiger partial charge in [-0.05, 0) is 65.8 Å². The van der Waals surface area contributed by atoms with E-state index in [4.69, 9.17) is 0 Å². The van der Waals surface area contributed by atoms with Gasteiger partial charge >= 0.3 is 0 Å². The van der Waals surface area contributed by atoms with Crippen LogP contribution in [-0.2, 0) is 0 Å². The maximum absolute atomic E-state index is 12.5. The van der Waals surface area contributed by atoms with Crippen molar-refractivity contribution in [3.05, 3.63) is 50.4 Å². The van der Waals surface area contributed by atoms with Gasteiger partial charge < -0.3 is 20.2 Å². The Hall–Kier alpha value is -1.57. The number of piperazine rings is 1. The fourth-order valence-corrected chi connectivity index (χ4v) is 4.30. The Labute approximate surface area is 170 Å². The van der Waals surface area contributed by atoms with Gasteiger partial charge in [0.05, 0.1) is 10.0 Å². The van der Waals surface area contributed by atoms with E-state index in [1.54, 1.807) is 12.1 Å². The Bertz CT molecular complexity index is 834. The van der Waals surface area contributed by atoms with Crippen molar-refractivity contribution in [1.29, 1.82) is 0 Å². The van der Waals surface area contributed by atoms with Crippen molar-refractivity contribution in [2.24, 2.45) is 0 Å². The molecule has 1 aliphatic heterocycles. The van der Waals surface area contributed by atoms with Crippen LogP contribution in [0.3, 0.4) is 0 Å². The highest BCUT2D eigenvalue weighted by Gasteiger charge is 2.18. The number of phenols is 1. The van der Waals surface area contributed by atoms with Crippen LogP contribution in [0.5, 0.6) is 5.75 Å². The summed E-state index contributed by atoms with van der Waals surface area (Å²) in [4.78, 5) is 17.2. The third kappa shape index (κ3) is 4.22. The van der Waals surface area contributed by atoms with E-state index in [1.807, 2.05) is 18.2 Å². The Morgan fingerprint density at radius 3 is 2.46 bits per heavy atom. The lowest BCUT2D eigenvalue weighted by molar-refractivity contribution is 0.102. The molecule has 0 spiro atoms. The largest absolute Gasteiger partial charge is 0.506 e. The minimum absolute atomic E-state index is 0.0727. The number of aryl methyl sites for hydroxylation is 1. The normalized spacial score (nSPS) is 15.2. The number of likely N-dealkylation sites (N-methyl/N-ethyl adjacent to an activating group) is 1. The van der Waals surface area contributed by atoms with Crippen molar-refractivity contribution < 1.29 is 9.90 Å². The van der Waals surface area contributed by atoms with E-state index >= 15 is 0 Å². The molecule has 2 N–H and O–H groups in total. The Kier molecular flexibility index (Phi) is 5.89. The number of benzene rings is 2. The summed E-state index contributed by atoms with van der Waals surface area (Å²) in [6.07, 6.45) is 0. The van der Waals surface area contributed by atoms with Gasteiger partial charge in [0, 0.05) is 42.0 Å². The minimum atomic E-state index is -0.351. The average molecular weight is 483 g/mol. The lowest BCUT2D eigenvalue weighted by Crippen LogP contribution is -2.44. The van der Waals surface area contributed by atoms with E-state index in [2.05, 4.69) is 60.9 Å². The topological polar surface area (TPSA) is 55.8 Å². The second-order valence-electron chi connectivity index (χ2n) is 6.53. The summed E-state index contributed by atoms with van der Waals surface area (Å²) in [5.74, 6) is -0.423. The molecule has 0 bridgehead atoms. The molecule has 5 nitrogen and oxygen atoms in total. The molecule has 0 aromatic heterocycles. The summed E-state index contributed by atoms with van der Waals surface area (Å²) in [6.45, 7) is 6.16. The van der Waals surface area contributed by atoms with Gasteiger partial charge in [-0.2, -0.15) is 0 Å². The summed E-state index contributed by atoms with van der Waals surface area (Å²) >= 11 is 6.59. The number of nitrogens with zero attached hydrogens (tertiary/aromatic N) is 2. The van der Waals surface area contributed by atoms with Gasteiger partial charge in [0.25, 0.3) is 5.91 Å². The van der Waals surface area contributed by atoms with Gasteiger partial charge in [0.15, 0.2) is 0 Å². The third-order valence-corrected chi connectivity index (χ3v) is 5.63. The number of aromatic hydroxyl groups is 1. The summed E-state index contributed by atoms with van der Waals surface area (Å²) in [5, 5.41) is 13.0. The fourth-order valence-electron chi connectivity index (χ4n) is 3.07. The summed E-state index contributed by atoms with van der Waals surface area (Å²) in [6, 6.07) is 9.22. The van der Waals surface area contributed by atoms with Crippen molar-refractivity contribution in [3.63, 3.8) is 0 Å². The first-order chi connectivity index (χ1) is 12.3. The van der Waals surface area contributed by atoms with Crippen LogP contribution in [-0.4, -0.2) is 49.1 Å². The van der Waals surface area contributed by atoms with E-state index in [1.165, 1.54) is 5.69 Å². The molecule has 3 rings (SSSR count). The number of nitrogens with one attached hydrogen (secondary N) is 1. The van der Waals surface area contributed by atoms with E-state index in [0.717, 1.165) is 31.7 Å². The first kappa shape index (κ1) is 19.2. The Morgan fingerprint density at radius 1 is 1.12 bits per heavy atom. The number of amides is 1. The Morgan fingerprint density at radius 2 is 1.81 bits per heavy atom. The zero-order valence-electron chi connectivity index (χ0n) is 14.7. The first-order valence-corrected chi connectivity index (χ1v) is 9.97. The van der Waals surface area contributed by atoms with Gasteiger partial charge in [-0.15, -0.1) is 0 Å². The number of halogens is 2. The molecular formula is C19H21Br2N3O2. The van der Waals surface area contributed by atoms with Crippen molar-refractivity contribution in [2.45, 2.75) is 6.92 Å². The molecule has 0 unspecified atom stereocenters. The lowest BCUT2D eigenvalue weighted by Gasteiger charge is -2.35. The van der Waals surface area contributed by atoms with Crippen molar-refractivity contribution in [1.82, 2.24) is 4.90 Å². The zero-order chi connectivity index (χ0) is 18.8. The van der Waals surface area contributed by atoms with Gasteiger partial charge in [0.1, 0.15) is 5.75 Å². The van der Waals surface area contributed by atoms with Gasteiger partial charge in [-0.25, -0.2) is 0 Å². The van der Waals surface area contributed by atoms with Crippen LogP contribution in [0, 0.1) is 6.92 Å². The molecule has 1 aliphatic rings. The van der Waals surface area contributed by atoms with Crippen molar-refractivity contribution in [2.75, 3.05) is 43.4 Å². The van der Waals surface area contributed by atoms with E-state index in [-0.39, 0.29) is 17.2 Å². The number of hydrogen-bond acceptors (Lipinski definition) is 4. The van der Waals surface area contributed by atoms with Gasteiger partial charge in [-0.3, -0.25) is 4.79 Å². The standard InChI is InChI=1S/C19H21Br2N3O2/c1-12-9-14(3-4-17(12)24-7-5-23(2)6-8-24)22-19(26)15-10-13(20)11-16(21)18(15)25/h3-4,9-11,25H,5-8H2,1-2H3,(H,22,26). The molecule has 0 aliphatic carbocycles. The van der Waals surface area contributed by atoms with Crippen LogP contribution in [0.1, 0.15) is 15.9 Å². The second-order valence-corrected chi connectivity index (χ2v) is 8.30. The molecule has 7 heteroatoms. The molecule has 0 atom stereocenters. The van der Waals surface area contributed by atoms with Gasteiger partial charge in [0.2, 0.25) is 0 Å². The van der Waals surface area contributed by atoms with Crippen LogP contribution in [0.25, 0.3) is 0 Å². The molecule has 0 saturated carbocycles. The molecular weight excluding hydrogens is 462 g/mol. The monoisotopic (exact) mass is 481 g/mol. The molecule has 26 heavy (non-hydrogen) atoms. The van der Waals surface area contributed by atoms with Crippen LogP contribution in [0.15, 0.2) is 39.3 Å². The first-order valence-electron chi connectivity index (χ1n) is 8.38. The van der Waals surface area contributed by atoms with Crippen molar-refractivity contribution in [3.8, 4) is 5.75 Å². The zero-order valence-corrected chi connectivity index (χ0v) is 17.9. The van der Waals surface area contributed by atoms with Crippen LogP contribution < -0.4 is 10.2 Å². The van der Waals surface area contributed by atoms with Crippen LogP contribution >= 0.6 is 31.9 Å². The highest BCUT2D eigenvalue weighted by molar-refractivity contribution is 9.11. The maximum atomic E-state index is 12.5. The SMILES string of the molecule is Cc1cc(NC(=O)c2cc(Br)cc(Br)c2O)ccc1N1CCN(C)CC1. The minimum Gasteiger partial charge on any atom is -0.506 e. The number of hydrogen-bond donors (Lipinski definition) is 2. The molecule has 1 amide bonds. The van der Waals surface area contributed by atoms with Crippen LogP contribution in [0.2, 0.25) is 0 Å². The number of carbonyl (C=O) groups is 1. The quantitative estimate of drug-likeness (QED) is 0.687. The molecule has 2 aromatic rings. The Balaban J connectivity index is 1.77. The summed E-state index contributed by atoms with van der Waals surface area (Å²) < 4.78 is 1.19. The van der Waals surface area contributed by atoms with E-state index in [9.17, 15) is 9.90 Å². The predicted molar refractivity (Wildman–Crippen MR) is 112 cm³/mol. The third-order valence-electron chi connectivity index (χ3n) is 4.57. The van der Waals surface area contributed by atoms with Crippen LogP contribution in [0.4, 0.5) is 11.4 Å². The molecule has 1 fully saturated rings. The maximum Gasteiger partial charge on any atom is 0.259 e. The molecule has 138 valence electrons. The molecule has 1 saturated heterocycles. The molecule has 0 radical (unpaired) electrons. The number of rotatable bonds is 3. The highest BCUT2D eigenvalue weighted by atomic mass is 79.9. The molecule has 2 aromatic carbocycles. The highest BCUT2D eigenvalue weighted by Crippen LogP contribution is 2.32. The average Bonchev–Trinajstić information content (AvgIpc) is 2.59. The smallest absolute Gasteiger partial charge is 0.259 e. The van der Waals surface area contributed by atoms with E-state index in [0.29, 0.717) is 14.6 Å². The fraction of sp³-hybridized carbons (Fsp3) is 0.316. The predicted octanol–water partition coefficient (Wildman–Crippen LogP) is 4.23. The van der Waals surface area contributed by atoms with E-state index < -0.39 is 0 Å². The van der Waals surface area contributed by atoms with Gasteiger partial charge in [-0.1, -0.05) is 15.9 Å². The number of carbonyl (C=O) groups excluding carboxylic acids is 1. The van der Waals surface area contributed by atoms with Crippen molar-refractivity contribution >= 4 is 49.1 Å². The number of anilines is 2. The molecule has 1 heterocycles. The second kappa shape index (κ2) is 7.98. The summed E-state index contributed by atoms with van der Waals surface area (Å²) in [5.41, 5.74) is 3.24. The summed E-state index contributed by atoms with van der Waals surface area (Å²) in [7, 11) is 2.14.